The van der Waals surface area contributed by atoms with E-state index in [9.17, 15) is 14.9 Å². The van der Waals surface area contributed by atoms with Crippen LogP contribution >= 0.6 is 11.6 Å². The first-order chi connectivity index (χ1) is 17.0. The number of fused-ring (bicyclic) bond motifs is 3. The van der Waals surface area contributed by atoms with Crippen molar-refractivity contribution in [1.29, 1.82) is 0 Å². The molecule has 0 fully saturated rings. The van der Waals surface area contributed by atoms with Gasteiger partial charge in [-0.15, -0.1) is 0 Å². The molecule has 0 radical (unpaired) electrons. The van der Waals surface area contributed by atoms with Crippen LogP contribution in [0.1, 0.15) is 28.4 Å². The van der Waals surface area contributed by atoms with Crippen molar-refractivity contribution in [2.75, 3.05) is 13.7 Å². The molecule has 3 aromatic carbocycles. The largest absolute Gasteiger partial charge is 0.497 e. The van der Waals surface area contributed by atoms with Crippen molar-refractivity contribution < 1.29 is 14.5 Å². The lowest BCUT2D eigenvalue weighted by Crippen LogP contribution is -2.39. The van der Waals surface area contributed by atoms with Crippen LogP contribution in [-0.4, -0.2) is 34.4 Å². The minimum absolute atomic E-state index is 0.0849. The molecular weight excluding hydrogens is 466 g/mol. The number of ether oxygens (including phenoxy) is 1. The Morgan fingerprint density at radius 3 is 2.69 bits per heavy atom. The van der Waals surface area contributed by atoms with Gasteiger partial charge in [-0.3, -0.25) is 14.9 Å². The van der Waals surface area contributed by atoms with Crippen molar-refractivity contribution in [2.24, 2.45) is 0 Å². The van der Waals surface area contributed by atoms with Crippen molar-refractivity contribution in [3.63, 3.8) is 0 Å². The summed E-state index contributed by atoms with van der Waals surface area (Å²) in [4.78, 5) is 29.4. The van der Waals surface area contributed by atoms with E-state index in [2.05, 4.69) is 11.1 Å². The van der Waals surface area contributed by atoms with Gasteiger partial charge in [0.05, 0.1) is 18.1 Å². The van der Waals surface area contributed by atoms with E-state index in [0.717, 1.165) is 27.9 Å². The number of non-ortho nitro benzene ring substituents is 1. The molecule has 1 aromatic heterocycles. The van der Waals surface area contributed by atoms with Gasteiger partial charge in [-0.25, -0.2) is 0 Å². The second-order valence-electron chi connectivity index (χ2n) is 8.32. The van der Waals surface area contributed by atoms with Gasteiger partial charge in [0.2, 0.25) is 5.91 Å². The standard InChI is InChI=1S/C27H22ClN3O4/c1-35-20-10-6-17(7-11-20)27-26-22(21-4-2-3-5-24(21)29-26)14-15-30(27)25(32)13-8-18-16-19(31(33)34)9-12-23(18)28/h2-13,16,27,29H,14-15H2,1H3/b13-8+. The number of carbonyl (C=O) groups excluding carboxylic acids is 1. The molecule has 1 N–H and O–H groups in total. The molecular formula is C27H22ClN3O4. The SMILES string of the molecule is COc1ccc(C2c3[nH]c4ccccc4c3CCN2C(=O)/C=C/c2cc([N+](=O)[O-])ccc2Cl)cc1. The Morgan fingerprint density at radius 1 is 1.17 bits per heavy atom. The number of rotatable bonds is 5. The molecule has 1 atom stereocenters. The molecule has 2 heterocycles. The van der Waals surface area contributed by atoms with Crippen LogP contribution in [0, 0.1) is 10.1 Å². The predicted molar refractivity (Wildman–Crippen MR) is 136 cm³/mol. The van der Waals surface area contributed by atoms with Crippen LogP contribution in [0.2, 0.25) is 5.02 Å². The number of halogens is 1. The number of nitro benzene ring substituents is 1. The maximum atomic E-state index is 13.5. The maximum Gasteiger partial charge on any atom is 0.270 e. The molecule has 1 aliphatic rings. The van der Waals surface area contributed by atoms with E-state index < -0.39 is 4.92 Å². The first-order valence-electron chi connectivity index (χ1n) is 11.1. The lowest BCUT2D eigenvalue weighted by atomic mass is 9.92. The van der Waals surface area contributed by atoms with Crippen LogP contribution in [-0.2, 0) is 11.2 Å². The molecule has 1 unspecified atom stereocenters. The van der Waals surface area contributed by atoms with Gasteiger partial charge >= 0.3 is 0 Å². The van der Waals surface area contributed by atoms with Crippen LogP contribution in [0.4, 0.5) is 5.69 Å². The zero-order valence-electron chi connectivity index (χ0n) is 18.9. The van der Waals surface area contributed by atoms with Gasteiger partial charge < -0.3 is 14.6 Å². The van der Waals surface area contributed by atoms with Crippen molar-refractivity contribution in [3.8, 4) is 5.75 Å². The van der Waals surface area contributed by atoms with E-state index in [1.807, 2.05) is 42.5 Å². The Bertz CT molecular complexity index is 1460. The smallest absolute Gasteiger partial charge is 0.270 e. The highest BCUT2D eigenvalue weighted by Gasteiger charge is 2.33. The predicted octanol–water partition coefficient (Wildman–Crippen LogP) is 5.93. The van der Waals surface area contributed by atoms with Crippen LogP contribution < -0.4 is 4.74 Å². The third-order valence-corrected chi connectivity index (χ3v) is 6.69. The minimum Gasteiger partial charge on any atom is -0.497 e. The number of nitro groups is 1. The molecule has 0 bridgehead atoms. The molecule has 4 aromatic rings. The summed E-state index contributed by atoms with van der Waals surface area (Å²) in [5, 5.41) is 12.6. The van der Waals surface area contributed by atoms with E-state index in [4.69, 9.17) is 16.3 Å². The average molecular weight is 488 g/mol. The van der Waals surface area contributed by atoms with E-state index in [1.54, 1.807) is 12.0 Å². The fraction of sp³-hybridized carbons (Fsp3) is 0.148. The van der Waals surface area contributed by atoms with Gasteiger partial charge in [-0.05, 0) is 47.9 Å². The number of methoxy groups -OCH3 is 1. The van der Waals surface area contributed by atoms with E-state index >= 15 is 0 Å². The van der Waals surface area contributed by atoms with Gasteiger partial charge in [-0.2, -0.15) is 0 Å². The number of aromatic amines is 1. The zero-order chi connectivity index (χ0) is 24.5. The number of carbonyl (C=O) groups is 1. The summed E-state index contributed by atoms with van der Waals surface area (Å²) in [7, 11) is 1.62. The molecule has 7 nitrogen and oxygen atoms in total. The summed E-state index contributed by atoms with van der Waals surface area (Å²) >= 11 is 6.22. The molecule has 8 heteroatoms. The summed E-state index contributed by atoms with van der Waals surface area (Å²) in [5.74, 6) is 0.525. The summed E-state index contributed by atoms with van der Waals surface area (Å²) in [6.07, 6.45) is 3.67. The monoisotopic (exact) mass is 487 g/mol. The van der Waals surface area contributed by atoms with Crippen molar-refractivity contribution >= 4 is 40.2 Å². The number of nitrogens with one attached hydrogen (secondary N) is 1. The molecule has 1 aliphatic heterocycles. The third-order valence-electron chi connectivity index (χ3n) is 6.34. The summed E-state index contributed by atoms with van der Waals surface area (Å²) in [6.45, 7) is 0.525. The Hall–Kier alpha value is -4.10. The molecule has 5 rings (SSSR count). The summed E-state index contributed by atoms with van der Waals surface area (Å²) < 4.78 is 5.31. The third kappa shape index (κ3) is 4.26. The highest BCUT2D eigenvalue weighted by atomic mass is 35.5. The van der Waals surface area contributed by atoms with Crippen LogP contribution in [0.3, 0.4) is 0 Å². The second-order valence-corrected chi connectivity index (χ2v) is 8.72. The van der Waals surface area contributed by atoms with Crippen LogP contribution in [0.25, 0.3) is 17.0 Å². The van der Waals surface area contributed by atoms with Gasteiger partial charge in [0.25, 0.3) is 5.69 Å². The number of hydrogen-bond acceptors (Lipinski definition) is 4. The molecule has 176 valence electrons. The molecule has 35 heavy (non-hydrogen) atoms. The normalized spacial score (nSPS) is 15.4. The zero-order valence-corrected chi connectivity index (χ0v) is 19.7. The second kappa shape index (κ2) is 9.27. The van der Waals surface area contributed by atoms with Crippen molar-refractivity contribution in [3.05, 3.63) is 110 Å². The summed E-state index contributed by atoms with van der Waals surface area (Å²) in [6, 6.07) is 19.7. The highest BCUT2D eigenvalue weighted by Crippen LogP contribution is 2.39. The van der Waals surface area contributed by atoms with E-state index in [0.29, 0.717) is 23.6 Å². The molecule has 0 saturated heterocycles. The van der Waals surface area contributed by atoms with Crippen LogP contribution in [0.15, 0.2) is 72.8 Å². The van der Waals surface area contributed by atoms with Gasteiger partial charge in [-0.1, -0.05) is 41.9 Å². The van der Waals surface area contributed by atoms with E-state index in [1.165, 1.54) is 35.9 Å². The topological polar surface area (TPSA) is 88.5 Å². The lowest BCUT2D eigenvalue weighted by Gasteiger charge is -2.35. The first-order valence-corrected chi connectivity index (χ1v) is 11.5. The van der Waals surface area contributed by atoms with Gasteiger partial charge in [0.15, 0.2) is 0 Å². The number of amides is 1. The quantitative estimate of drug-likeness (QED) is 0.215. The highest BCUT2D eigenvalue weighted by molar-refractivity contribution is 6.32. The molecule has 0 spiro atoms. The molecule has 0 aliphatic carbocycles. The Kier molecular flexibility index (Phi) is 6.01. The Morgan fingerprint density at radius 2 is 1.94 bits per heavy atom. The fourth-order valence-electron chi connectivity index (χ4n) is 4.64. The average Bonchev–Trinajstić information content (AvgIpc) is 3.26. The number of para-hydroxylation sites is 1. The van der Waals surface area contributed by atoms with E-state index in [-0.39, 0.29) is 17.6 Å². The first kappa shape index (κ1) is 22.7. The number of hydrogen-bond donors (Lipinski definition) is 1. The maximum absolute atomic E-state index is 13.5. The lowest BCUT2D eigenvalue weighted by molar-refractivity contribution is -0.384. The van der Waals surface area contributed by atoms with Gasteiger partial charge in [0.1, 0.15) is 5.75 Å². The number of H-pyrrole nitrogens is 1. The Labute approximate surface area is 206 Å². The minimum atomic E-state index is -0.489. The Balaban J connectivity index is 1.54. The van der Waals surface area contributed by atoms with Gasteiger partial charge in [0, 0.05) is 51.9 Å². The fourth-order valence-corrected chi connectivity index (χ4v) is 4.82. The van der Waals surface area contributed by atoms with Crippen molar-refractivity contribution in [1.82, 2.24) is 9.88 Å². The number of benzene rings is 3. The number of aromatic nitrogens is 1. The molecule has 1 amide bonds. The van der Waals surface area contributed by atoms with Crippen LogP contribution in [0.5, 0.6) is 5.75 Å². The molecule has 0 saturated carbocycles. The number of nitrogens with zero attached hydrogens (tertiary/aromatic N) is 2. The van der Waals surface area contributed by atoms with Crippen molar-refractivity contribution in [2.45, 2.75) is 12.5 Å². The summed E-state index contributed by atoms with van der Waals surface area (Å²) in [5.41, 5.74) is 4.50.